The summed E-state index contributed by atoms with van der Waals surface area (Å²) in [5.41, 5.74) is 3.01. The maximum Gasteiger partial charge on any atom is 0.199 e. The van der Waals surface area contributed by atoms with Crippen molar-refractivity contribution in [3.63, 3.8) is 0 Å². The first-order chi connectivity index (χ1) is 14.4. The third-order valence-corrected chi connectivity index (χ3v) is 7.49. The second kappa shape index (κ2) is 8.03. The van der Waals surface area contributed by atoms with E-state index in [4.69, 9.17) is 9.40 Å². The highest BCUT2D eigenvalue weighted by Gasteiger charge is 2.20. The van der Waals surface area contributed by atoms with Crippen LogP contribution in [-0.2, 0) is 6.42 Å². The number of hydrogen-bond acceptors (Lipinski definition) is 2. The van der Waals surface area contributed by atoms with Gasteiger partial charge in [0.05, 0.1) is 6.42 Å². The number of rotatable bonds is 5. The summed E-state index contributed by atoms with van der Waals surface area (Å²) in [6, 6.07) is 38.2. The van der Waals surface area contributed by atoms with Crippen molar-refractivity contribution in [2.45, 2.75) is 6.42 Å². The molecule has 1 heterocycles. The Morgan fingerprint density at radius 2 is 1.21 bits per heavy atom. The standard InChI is InChI=1S/C26H20NOP/c1-3-12-21(13-4-1)29(22-14-5-2-6-15-22)25-18-10-7-11-20(25)19-26-27-23-16-8-9-17-24(23)28-26/h1-18H,19H2. The van der Waals surface area contributed by atoms with Gasteiger partial charge in [-0.15, -0.1) is 0 Å². The number of oxazole rings is 1. The van der Waals surface area contributed by atoms with Crippen molar-refractivity contribution in [3.8, 4) is 0 Å². The van der Waals surface area contributed by atoms with Gasteiger partial charge >= 0.3 is 0 Å². The largest absolute Gasteiger partial charge is 0.440 e. The smallest absolute Gasteiger partial charge is 0.199 e. The highest BCUT2D eigenvalue weighted by atomic mass is 31.1. The second-order valence-corrected chi connectivity index (χ2v) is 9.07. The first kappa shape index (κ1) is 17.8. The minimum atomic E-state index is -0.656. The molecular weight excluding hydrogens is 373 g/mol. The highest BCUT2D eigenvalue weighted by molar-refractivity contribution is 7.79. The quantitative estimate of drug-likeness (QED) is 0.385. The van der Waals surface area contributed by atoms with Crippen LogP contribution in [0.25, 0.3) is 11.1 Å². The summed E-state index contributed by atoms with van der Waals surface area (Å²) in [5, 5.41) is 4.04. The zero-order valence-electron chi connectivity index (χ0n) is 15.9. The molecule has 0 aliphatic rings. The predicted octanol–water partition coefficient (Wildman–Crippen LogP) is 5.18. The number of hydrogen-bond donors (Lipinski definition) is 0. The van der Waals surface area contributed by atoms with Gasteiger partial charge in [-0.3, -0.25) is 0 Å². The first-order valence-corrected chi connectivity index (χ1v) is 11.1. The van der Waals surface area contributed by atoms with E-state index in [2.05, 4.69) is 84.9 Å². The van der Waals surface area contributed by atoms with Gasteiger partial charge in [-0.05, 0) is 41.5 Å². The van der Waals surface area contributed by atoms with Crippen molar-refractivity contribution in [2.75, 3.05) is 0 Å². The Balaban J connectivity index is 1.60. The van der Waals surface area contributed by atoms with Crippen LogP contribution in [0.2, 0.25) is 0 Å². The molecule has 0 radical (unpaired) electrons. The summed E-state index contributed by atoms with van der Waals surface area (Å²) >= 11 is 0. The van der Waals surface area contributed by atoms with E-state index in [-0.39, 0.29) is 0 Å². The van der Waals surface area contributed by atoms with E-state index in [9.17, 15) is 0 Å². The summed E-state index contributed by atoms with van der Waals surface area (Å²) in [5.74, 6) is 0.759. The molecule has 140 valence electrons. The highest BCUT2D eigenvalue weighted by Crippen LogP contribution is 2.34. The van der Waals surface area contributed by atoms with Gasteiger partial charge in [0, 0.05) is 0 Å². The van der Waals surface area contributed by atoms with E-state index in [1.807, 2.05) is 24.3 Å². The molecule has 5 aromatic rings. The third kappa shape index (κ3) is 3.72. The monoisotopic (exact) mass is 393 g/mol. The lowest BCUT2D eigenvalue weighted by atomic mass is 10.1. The molecule has 1 aromatic heterocycles. The Kier molecular flexibility index (Phi) is 4.94. The topological polar surface area (TPSA) is 26.0 Å². The van der Waals surface area contributed by atoms with E-state index >= 15 is 0 Å². The van der Waals surface area contributed by atoms with Crippen molar-refractivity contribution >= 4 is 34.9 Å². The molecule has 0 fully saturated rings. The molecular formula is C26H20NOP. The Morgan fingerprint density at radius 3 is 1.90 bits per heavy atom. The predicted molar refractivity (Wildman–Crippen MR) is 122 cm³/mol. The van der Waals surface area contributed by atoms with Crippen molar-refractivity contribution in [3.05, 3.63) is 121 Å². The molecule has 0 bridgehead atoms. The molecule has 2 nitrogen and oxygen atoms in total. The normalized spacial score (nSPS) is 11.2. The fourth-order valence-corrected chi connectivity index (χ4v) is 6.09. The van der Waals surface area contributed by atoms with Crippen molar-refractivity contribution in [2.24, 2.45) is 0 Å². The third-order valence-electron chi connectivity index (χ3n) is 4.94. The van der Waals surface area contributed by atoms with Gasteiger partial charge in [-0.25, -0.2) is 4.98 Å². The summed E-state index contributed by atoms with van der Waals surface area (Å²) < 4.78 is 6.01. The summed E-state index contributed by atoms with van der Waals surface area (Å²) in [6.45, 7) is 0. The molecule has 0 saturated carbocycles. The Labute approximate surface area is 171 Å². The van der Waals surface area contributed by atoms with Gasteiger partial charge in [0.25, 0.3) is 0 Å². The maximum absolute atomic E-state index is 6.01. The maximum atomic E-state index is 6.01. The van der Waals surface area contributed by atoms with Crippen LogP contribution in [0, 0.1) is 0 Å². The Morgan fingerprint density at radius 1 is 0.621 bits per heavy atom. The lowest BCUT2D eigenvalue weighted by Gasteiger charge is -2.22. The van der Waals surface area contributed by atoms with Gasteiger partial charge in [-0.1, -0.05) is 97.1 Å². The average Bonchev–Trinajstić information content (AvgIpc) is 3.19. The molecule has 29 heavy (non-hydrogen) atoms. The molecule has 0 N–H and O–H groups in total. The number of aromatic nitrogens is 1. The van der Waals surface area contributed by atoms with Gasteiger partial charge in [0.15, 0.2) is 11.5 Å². The van der Waals surface area contributed by atoms with E-state index in [0.29, 0.717) is 6.42 Å². The second-order valence-electron chi connectivity index (χ2n) is 6.89. The van der Waals surface area contributed by atoms with Crippen LogP contribution in [0.1, 0.15) is 11.5 Å². The van der Waals surface area contributed by atoms with Crippen LogP contribution >= 0.6 is 7.92 Å². The zero-order valence-corrected chi connectivity index (χ0v) is 16.8. The summed E-state index contributed by atoms with van der Waals surface area (Å²) in [7, 11) is -0.656. The van der Waals surface area contributed by atoms with Gasteiger partial charge in [0.2, 0.25) is 0 Å². The lowest BCUT2D eigenvalue weighted by molar-refractivity contribution is 0.544. The van der Waals surface area contributed by atoms with E-state index in [1.165, 1.54) is 21.5 Å². The number of benzene rings is 4. The van der Waals surface area contributed by atoms with Crippen molar-refractivity contribution in [1.82, 2.24) is 4.98 Å². The first-order valence-electron chi connectivity index (χ1n) is 9.71. The van der Waals surface area contributed by atoms with Crippen LogP contribution < -0.4 is 15.9 Å². The lowest BCUT2D eigenvalue weighted by Crippen LogP contribution is -2.23. The van der Waals surface area contributed by atoms with Crippen molar-refractivity contribution < 1.29 is 4.42 Å². The fourth-order valence-electron chi connectivity index (χ4n) is 3.62. The number of para-hydroxylation sites is 2. The number of fused-ring (bicyclic) bond motifs is 1. The Bertz CT molecular complexity index is 1160. The van der Waals surface area contributed by atoms with Crippen molar-refractivity contribution in [1.29, 1.82) is 0 Å². The van der Waals surface area contributed by atoms with E-state index in [0.717, 1.165) is 17.0 Å². The molecule has 0 unspecified atom stereocenters. The zero-order chi connectivity index (χ0) is 19.5. The minimum absolute atomic E-state index is 0.656. The van der Waals surface area contributed by atoms with Crippen LogP contribution in [0.3, 0.4) is 0 Å². The summed E-state index contributed by atoms with van der Waals surface area (Å²) in [4.78, 5) is 4.69. The van der Waals surface area contributed by atoms with Crippen LogP contribution in [0.15, 0.2) is 114 Å². The molecule has 4 aromatic carbocycles. The fraction of sp³-hybridized carbons (Fsp3) is 0.0385. The van der Waals surface area contributed by atoms with Crippen LogP contribution in [0.5, 0.6) is 0 Å². The molecule has 0 saturated heterocycles. The van der Waals surface area contributed by atoms with Crippen LogP contribution in [0.4, 0.5) is 0 Å². The molecule has 0 amide bonds. The van der Waals surface area contributed by atoms with Gasteiger partial charge < -0.3 is 4.42 Å². The molecule has 3 heteroatoms. The number of nitrogens with zero attached hydrogens (tertiary/aromatic N) is 1. The van der Waals surface area contributed by atoms with E-state index < -0.39 is 7.92 Å². The van der Waals surface area contributed by atoms with E-state index in [1.54, 1.807) is 0 Å². The Hall–Kier alpha value is -3.22. The molecule has 0 spiro atoms. The SMILES string of the molecule is c1ccc(P(c2ccccc2)c2ccccc2Cc2nc3ccccc3o2)cc1. The molecule has 0 atom stereocenters. The molecule has 5 rings (SSSR count). The summed E-state index contributed by atoms with van der Waals surface area (Å²) in [6.07, 6.45) is 0.684. The molecule has 0 aliphatic heterocycles. The van der Waals surface area contributed by atoms with Gasteiger partial charge in [0.1, 0.15) is 5.52 Å². The average molecular weight is 393 g/mol. The minimum Gasteiger partial charge on any atom is -0.440 e. The van der Waals surface area contributed by atoms with Gasteiger partial charge in [-0.2, -0.15) is 0 Å². The van der Waals surface area contributed by atoms with Crippen LogP contribution in [-0.4, -0.2) is 4.98 Å². The molecule has 0 aliphatic carbocycles.